The molecule has 5 nitrogen and oxygen atoms in total. The van der Waals surface area contributed by atoms with Crippen LogP contribution in [-0.2, 0) is 11.2 Å². The molecular weight excluding hydrogens is 302 g/mol. The maximum Gasteiger partial charge on any atom is 0.191 e. The van der Waals surface area contributed by atoms with Gasteiger partial charge in [0.1, 0.15) is 5.76 Å². The molecule has 1 aliphatic heterocycles. The quantitative estimate of drug-likeness (QED) is 0.620. The second-order valence-electron chi connectivity index (χ2n) is 7.09. The third kappa shape index (κ3) is 5.26. The number of hydrogen-bond donors (Lipinski definition) is 2. The number of nitrogens with zero attached hydrogens (tertiary/aromatic N) is 1. The number of rotatable bonds is 6. The van der Waals surface area contributed by atoms with Gasteiger partial charge in [0.05, 0.1) is 18.9 Å². The molecular formula is C19H31N3O2. The van der Waals surface area contributed by atoms with Crippen LogP contribution < -0.4 is 10.6 Å². The van der Waals surface area contributed by atoms with Crippen LogP contribution in [0.15, 0.2) is 27.8 Å². The van der Waals surface area contributed by atoms with Gasteiger partial charge in [-0.3, -0.25) is 4.99 Å². The van der Waals surface area contributed by atoms with Crippen LogP contribution in [-0.4, -0.2) is 37.8 Å². The SMILES string of the molecule is CC1CCCCC1NC(=NCC1CCCO1)NCCc1ccco1. The van der Waals surface area contributed by atoms with Crippen molar-refractivity contribution in [2.75, 3.05) is 19.7 Å². The van der Waals surface area contributed by atoms with Gasteiger partial charge in [-0.25, -0.2) is 0 Å². The van der Waals surface area contributed by atoms with Crippen molar-refractivity contribution in [2.45, 2.75) is 64.0 Å². The zero-order chi connectivity index (χ0) is 16.6. The molecule has 134 valence electrons. The lowest BCUT2D eigenvalue weighted by Gasteiger charge is -2.31. The lowest BCUT2D eigenvalue weighted by atomic mass is 9.86. The van der Waals surface area contributed by atoms with Crippen molar-refractivity contribution >= 4 is 5.96 Å². The van der Waals surface area contributed by atoms with Gasteiger partial charge in [-0.1, -0.05) is 19.8 Å². The summed E-state index contributed by atoms with van der Waals surface area (Å²) < 4.78 is 11.1. The Kier molecular flexibility index (Phi) is 6.58. The van der Waals surface area contributed by atoms with Gasteiger partial charge >= 0.3 is 0 Å². The average Bonchev–Trinajstić information content (AvgIpc) is 3.28. The Bertz CT molecular complexity index is 495. The summed E-state index contributed by atoms with van der Waals surface area (Å²) >= 11 is 0. The largest absolute Gasteiger partial charge is 0.469 e. The summed E-state index contributed by atoms with van der Waals surface area (Å²) in [5.74, 6) is 2.64. The Morgan fingerprint density at radius 2 is 2.17 bits per heavy atom. The maximum absolute atomic E-state index is 5.70. The molecule has 2 heterocycles. The topological polar surface area (TPSA) is 58.8 Å². The highest BCUT2D eigenvalue weighted by Crippen LogP contribution is 2.23. The van der Waals surface area contributed by atoms with Gasteiger partial charge < -0.3 is 19.8 Å². The third-order valence-corrected chi connectivity index (χ3v) is 5.15. The highest BCUT2D eigenvalue weighted by molar-refractivity contribution is 5.80. The standard InChI is InChI=1S/C19H31N3O2/c1-15-6-2-3-9-18(15)22-19(21-14-17-8-5-13-24-17)20-11-10-16-7-4-12-23-16/h4,7,12,15,17-18H,2-3,5-6,8-11,13-14H2,1H3,(H2,20,21,22). The van der Waals surface area contributed by atoms with Crippen LogP contribution in [0.3, 0.4) is 0 Å². The molecule has 3 unspecified atom stereocenters. The highest BCUT2D eigenvalue weighted by Gasteiger charge is 2.22. The van der Waals surface area contributed by atoms with E-state index in [-0.39, 0.29) is 6.10 Å². The molecule has 1 aromatic rings. The van der Waals surface area contributed by atoms with Crippen LogP contribution in [0, 0.1) is 5.92 Å². The van der Waals surface area contributed by atoms with E-state index >= 15 is 0 Å². The van der Waals surface area contributed by atoms with Crippen molar-refractivity contribution in [2.24, 2.45) is 10.9 Å². The number of nitrogens with one attached hydrogen (secondary N) is 2. The number of hydrogen-bond acceptors (Lipinski definition) is 3. The lowest BCUT2D eigenvalue weighted by Crippen LogP contribution is -2.48. The molecule has 1 aliphatic carbocycles. The van der Waals surface area contributed by atoms with Crippen LogP contribution in [0.4, 0.5) is 0 Å². The fourth-order valence-corrected chi connectivity index (χ4v) is 3.60. The van der Waals surface area contributed by atoms with E-state index in [1.54, 1.807) is 6.26 Å². The minimum atomic E-state index is 0.289. The van der Waals surface area contributed by atoms with Crippen molar-refractivity contribution in [1.29, 1.82) is 0 Å². The molecule has 1 saturated heterocycles. The molecule has 2 N–H and O–H groups in total. The summed E-state index contributed by atoms with van der Waals surface area (Å²) in [5, 5.41) is 7.14. The summed E-state index contributed by atoms with van der Waals surface area (Å²) in [5.41, 5.74) is 0. The molecule has 24 heavy (non-hydrogen) atoms. The first-order valence-electron chi connectivity index (χ1n) is 9.50. The lowest BCUT2D eigenvalue weighted by molar-refractivity contribution is 0.117. The summed E-state index contributed by atoms with van der Waals surface area (Å²) in [6, 6.07) is 4.48. The van der Waals surface area contributed by atoms with Crippen molar-refractivity contribution in [1.82, 2.24) is 10.6 Å². The predicted octanol–water partition coefficient (Wildman–Crippen LogP) is 3.12. The molecule has 1 aromatic heterocycles. The second-order valence-corrected chi connectivity index (χ2v) is 7.09. The fraction of sp³-hybridized carbons (Fsp3) is 0.737. The van der Waals surface area contributed by atoms with E-state index in [0.29, 0.717) is 12.0 Å². The molecule has 3 atom stereocenters. The third-order valence-electron chi connectivity index (χ3n) is 5.15. The average molecular weight is 333 g/mol. The Morgan fingerprint density at radius 1 is 1.25 bits per heavy atom. The van der Waals surface area contributed by atoms with Crippen LogP contribution in [0.25, 0.3) is 0 Å². The van der Waals surface area contributed by atoms with Gasteiger partial charge in [-0.05, 0) is 43.7 Å². The normalized spacial score (nSPS) is 28.0. The zero-order valence-electron chi connectivity index (χ0n) is 14.8. The van der Waals surface area contributed by atoms with Gasteiger partial charge in [-0.15, -0.1) is 0 Å². The first-order valence-corrected chi connectivity index (χ1v) is 9.50. The predicted molar refractivity (Wildman–Crippen MR) is 96.2 cm³/mol. The molecule has 3 rings (SSSR count). The molecule has 0 bridgehead atoms. The monoisotopic (exact) mass is 333 g/mol. The molecule has 5 heteroatoms. The van der Waals surface area contributed by atoms with Gasteiger partial charge in [0, 0.05) is 25.6 Å². The van der Waals surface area contributed by atoms with Gasteiger partial charge in [0.15, 0.2) is 5.96 Å². The molecule has 2 fully saturated rings. The number of aliphatic imine (C=N–C) groups is 1. The number of furan rings is 1. The van der Waals surface area contributed by atoms with E-state index in [4.69, 9.17) is 14.1 Å². The van der Waals surface area contributed by atoms with Gasteiger partial charge in [0.2, 0.25) is 0 Å². The molecule has 0 amide bonds. The van der Waals surface area contributed by atoms with Crippen LogP contribution in [0.1, 0.15) is 51.2 Å². The van der Waals surface area contributed by atoms with E-state index in [1.807, 2.05) is 12.1 Å². The molecule has 0 spiro atoms. The Morgan fingerprint density at radius 3 is 2.92 bits per heavy atom. The van der Waals surface area contributed by atoms with Crippen molar-refractivity contribution in [3.8, 4) is 0 Å². The van der Waals surface area contributed by atoms with E-state index in [2.05, 4.69) is 17.6 Å². The van der Waals surface area contributed by atoms with Crippen molar-refractivity contribution < 1.29 is 9.15 Å². The Labute approximate surface area is 145 Å². The van der Waals surface area contributed by atoms with E-state index in [1.165, 1.54) is 25.7 Å². The van der Waals surface area contributed by atoms with E-state index < -0.39 is 0 Å². The zero-order valence-corrected chi connectivity index (χ0v) is 14.8. The van der Waals surface area contributed by atoms with Crippen LogP contribution in [0.5, 0.6) is 0 Å². The summed E-state index contributed by atoms with van der Waals surface area (Å²) in [6.07, 6.45) is 10.4. The van der Waals surface area contributed by atoms with Crippen LogP contribution in [0.2, 0.25) is 0 Å². The molecule has 2 aliphatic rings. The summed E-state index contributed by atoms with van der Waals surface area (Å²) in [7, 11) is 0. The molecule has 0 radical (unpaired) electrons. The maximum atomic E-state index is 5.70. The molecule has 0 aromatic carbocycles. The highest BCUT2D eigenvalue weighted by atomic mass is 16.5. The molecule has 1 saturated carbocycles. The Balaban J connectivity index is 1.53. The fourth-order valence-electron chi connectivity index (χ4n) is 3.60. The van der Waals surface area contributed by atoms with Crippen molar-refractivity contribution in [3.63, 3.8) is 0 Å². The van der Waals surface area contributed by atoms with Crippen molar-refractivity contribution in [3.05, 3.63) is 24.2 Å². The first kappa shape index (κ1) is 17.3. The minimum absolute atomic E-state index is 0.289. The minimum Gasteiger partial charge on any atom is -0.469 e. The van der Waals surface area contributed by atoms with E-state index in [9.17, 15) is 0 Å². The van der Waals surface area contributed by atoms with E-state index in [0.717, 1.165) is 50.7 Å². The Hall–Kier alpha value is -1.49. The van der Waals surface area contributed by atoms with Gasteiger partial charge in [-0.2, -0.15) is 0 Å². The van der Waals surface area contributed by atoms with Crippen LogP contribution >= 0.6 is 0 Å². The van der Waals surface area contributed by atoms with Gasteiger partial charge in [0.25, 0.3) is 0 Å². The number of ether oxygens (including phenoxy) is 1. The second kappa shape index (κ2) is 9.11. The smallest absolute Gasteiger partial charge is 0.191 e. The first-order chi connectivity index (χ1) is 11.8. The summed E-state index contributed by atoms with van der Waals surface area (Å²) in [4.78, 5) is 4.79. The number of guanidine groups is 1. The summed E-state index contributed by atoms with van der Waals surface area (Å²) in [6.45, 7) is 4.80.